The van der Waals surface area contributed by atoms with E-state index in [0.29, 0.717) is 37.6 Å². The molecule has 1 amide bonds. The zero-order valence-electron chi connectivity index (χ0n) is 17.3. The fourth-order valence-electron chi connectivity index (χ4n) is 2.62. The minimum atomic E-state index is -0.238. The highest BCUT2D eigenvalue weighted by atomic mass is 16.5. The Hall–Kier alpha value is -2.45. The molecule has 1 aromatic carbocycles. The van der Waals surface area contributed by atoms with Gasteiger partial charge in [0, 0.05) is 39.6 Å². The third kappa shape index (κ3) is 6.61. The molecule has 0 spiro atoms. The Morgan fingerprint density at radius 3 is 2.71 bits per heavy atom. The third-order valence-corrected chi connectivity index (χ3v) is 4.43. The van der Waals surface area contributed by atoms with Crippen molar-refractivity contribution in [3.63, 3.8) is 0 Å². The number of carbonyl (C=O) groups is 1. The van der Waals surface area contributed by atoms with Crippen LogP contribution >= 0.6 is 0 Å². The smallest absolute Gasteiger partial charge is 0.227 e. The number of aryl methyl sites for hydroxylation is 1. The third-order valence-electron chi connectivity index (χ3n) is 4.43. The summed E-state index contributed by atoms with van der Waals surface area (Å²) in [7, 11) is 7.21. The van der Waals surface area contributed by atoms with E-state index in [1.807, 2.05) is 50.2 Å². The molecule has 0 saturated heterocycles. The van der Waals surface area contributed by atoms with Crippen molar-refractivity contribution in [1.29, 1.82) is 0 Å². The quantitative estimate of drug-likeness (QED) is 0.582. The lowest BCUT2D eigenvalue weighted by atomic mass is 10.2. The van der Waals surface area contributed by atoms with Crippen LogP contribution in [-0.4, -0.2) is 67.3 Å². The minimum absolute atomic E-state index is 0.0456. The topological polar surface area (TPSA) is 80.9 Å². The summed E-state index contributed by atoms with van der Waals surface area (Å²) in [6, 6.07) is 7.77. The van der Waals surface area contributed by atoms with Gasteiger partial charge in [0.15, 0.2) is 5.82 Å². The highest BCUT2D eigenvalue weighted by molar-refractivity contribution is 5.76. The van der Waals surface area contributed by atoms with Gasteiger partial charge in [-0.2, -0.15) is 4.98 Å². The lowest BCUT2D eigenvalue weighted by Crippen LogP contribution is -2.36. The first-order chi connectivity index (χ1) is 13.4. The number of aromatic nitrogens is 2. The van der Waals surface area contributed by atoms with Crippen LogP contribution in [0.1, 0.15) is 36.7 Å². The molecule has 0 fully saturated rings. The molecule has 0 aliphatic carbocycles. The average Bonchev–Trinajstić information content (AvgIpc) is 3.17. The van der Waals surface area contributed by atoms with E-state index in [0.717, 1.165) is 17.9 Å². The summed E-state index contributed by atoms with van der Waals surface area (Å²) in [5.41, 5.74) is 1.03. The SMILES string of the molecule is COc1cccc(CN(CCN(C)C)C(=O)CCc2nc([C@@H](C)OC)no2)c1. The fourth-order valence-corrected chi connectivity index (χ4v) is 2.62. The molecule has 8 heteroatoms. The van der Waals surface area contributed by atoms with E-state index in [1.54, 1.807) is 14.2 Å². The number of carbonyl (C=O) groups excluding carboxylic acids is 1. The van der Waals surface area contributed by atoms with Crippen LogP contribution in [0.3, 0.4) is 0 Å². The van der Waals surface area contributed by atoms with Gasteiger partial charge in [0.2, 0.25) is 11.8 Å². The molecular weight excluding hydrogens is 360 g/mol. The summed E-state index contributed by atoms with van der Waals surface area (Å²) in [5.74, 6) is 1.76. The Morgan fingerprint density at radius 2 is 2.04 bits per heavy atom. The van der Waals surface area contributed by atoms with Crippen molar-refractivity contribution >= 4 is 5.91 Å². The van der Waals surface area contributed by atoms with Crippen molar-refractivity contribution in [3.05, 3.63) is 41.5 Å². The second kappa shape index (κ2) is 10.8. The van der Waals surface area contributed by atoms with E-state index in [4.69, 9.17) is 14.0 Å². The van der Waals surface area contributed by atoms with Gasteiger partial charge in [0.05, 0.1) is 7.11 Å². The Labute approximate surface area is 166 Å². The normalized spacial score (nSPS) is 12.2. The summed E-state index contributed by atoms with van der Waals surface area (Å²) < 4.78 is 15.7. The lowest BCUT2D eigenvalue weighted by molar-refractivity contribution is -0.132. The summed E-state index contributed by atoms with van der Waals surface area (Å²) in [5, 5.41) is 3.90. The first-order valence-corrected chi connectivity index (χ1v) is 9.33. The minimum Gasteiger partial charge on any atom is -0.497 e. The first kappa shape index (κ1) is 21.8. The Morgan fingerprint density at radius 1 is 1.25 bits per heavy atom. The van der Waals surface area contributed by atoms with Crippen LogP contribution in [-0.2, 0) is 22.5 Å². The van der Waals surface area contributed by atoms with Gasteiger partial charge in [0.1, 0.15) is 11.9 Å². The average molecular weight is 390 g/mol. The molecule has 0 aliphatic heterocycles. The van der Waals surface area contributed by atoms with Crippen LogP contribution in [0.5, 0.6) is 5.75 Å². The molecule has 154 valence electrons. The predicted molar refractivity (Wildman–Crippen MR) is 105 cm³/mol. The summed E-state index contributed by atoms with van der Waals surface area (Å²) >= 11 is 0. The highest BCUT2D eigenvalue weighted by Crippen LogP contribution is 2.16. The molecule has 1 heterocycles. The summed E-state index contributed by atoms with van der Waals surface area (Å²) in [4.78, 5) is 21.1. The number of benzene rings is 1. The monoisotopic (exact) mass is 390 g/mol. The fraction of sp³-hybridized carbons (Fsp3) is 0.550. The second-order valence-corrected chi connectivity index (χ2v) is 6.89. The number of hydrogen-bond donors (Lipinski definition) is 0. The maximum atomic E-state index is 12.8. The van der Waals surface area contributed by atoms with Crippen molar-refractivity contribution in [3.8, 4) is 5.75 Å². The standard InChI is InChI=1S/C20H30N4O4/c1-15(26-4)20-21-18(28-22-20)9-10-19(25)24(12-11-23(2)3)14-16-7-6-8-17(13-16)27-5/h6-8,13,15H,9-12,14H2,1-5H3/t15-/m1/s1. The number of nitrogens with zero attached hydrogens (tertiary/aromatic N) is 4. The number of hydrogen-bond acceptors (Lipinski definition) is 7. The molecule has 2 aromatic rings. The molecule has 0 aliphatic rings. The second-order valence-electron chi connectivity index (χ2n) is 6.89. The number of likely N-dealkylation sites (N-methyl/N-ethyl adjacent to an activating group) is 1. The molecule has 0 saturated carbocycles. The number of rotatable bonds is 11. The zero-order chi connectivity index (χ0) is 20.5. The molecule has 0 unspecified atom stereocenters. The van der Waals surface area contributed by atoms with Gasteiger partial charge in [-0.3, -0.25) is 4.79 Å². The molecule has 1 atom stereocenters. The largest absolute Gasteiger partial charge is 0.497 e. The van der Waals surface area contributed by atoms with Crippen molar-refractivity contribution < 1.29 is 18.8 Å². The summed E-state index contributed by atoms with van der Waals surface area (Å²) in [6.07, 6.45) is 0.469. The summed E-state index contributed by atoms with van der Waals surface area (Å²) in [6.45, 7) is 3.79. The van der Waals surface area contributed by atoms with Crippen LogP contribution in [0.2, 0.25) is 0 Å². The molecule has 2 rings (SSSR count). The molecule has 8 nitrogen and oxygen atoms in total. The van der Waals surface area contributed by atoms with Gasteiger partial charge >= 0.3 is 0 Å². The van der Waals surface area contributed by atoms with E-state index in [-0.39, 0.29) is 12.0 Å². The van der Waals surface area contributed by atoms with Gasteiger partial charge in [-0.1, -0.05) is 17.3 Å². The van der Waals surface area contributed by atoms with Crippen molar-refractivity contribution in [1.82, 2.24) is 19.9 Å². The first-order valence-electron chi connectivity index (χ1n) is 9.33. The lowest BCUT2D eigenvalue weighted by Gasteiger charge is -2.24. The maximum Gasteiger partial charge on any atom is 0.227 e. The molecular formula is C20H30N4O4. The van der Waals surface area contributed by atoms with Gasteiger partial charge in [0.25, 0.3) is 0 Å². The van der Waals surface area contributed by atoms with E-state index in [2.05, 4.69) is 15.0 Å². The van der Waals surface area contributed by atoms with Gasteiger partial charge in [-0.25, -0.2) is 0 Å². The molecule has 1 aromatic heterocycles. The van der Waals surface area contributed by atoms with E-state index in [9.17, 15) is 4.79 Å². The number of methoxy groups -OCH3 is 2. The molecule has 0 bridgehead atoms. The van der Waals surface area contributed by atoms with E-state index < -0.39 is 0 Å². The zero-order valence-corrected chi connectivity index (χ0v) is 17.3. The van der Waals surface area contributed by atoms with Crippen molar-refractivity contribution in [2.75, 3.05) is 41.4 Å². The number of ether oxygens (including phenoxy) is 2. The molecule has 0 N–H and O–H groups in total. The van der Waals surface area contributed by atoms with Crippen LogP contribution in [0.25, 0.3) is 0 Å². The highest BCUT2D eigenvalue weighted by Gasteiger charge is 2.18. The van der Waals surface area contributed by atoms with E-state index >= 15 is 0 Å². The molecule has 0 radical (unpaired) electrons. The van der Waals surface area contributed by atoms with Gasteiger partial charge < -0.3 is 23.8 Å². The van der Waals surface area contributed by atoms with Crippen LogP contribution in [0, 0.1) is 0 Å². The number of amides is 1. The Bertz CT molecular complexity index is 747. The van der Waals surface area contributed by atoms with Crippen LogP contribution in [0.15, 0.2) is 28.8 Å². The van der Waals surface area contributed by atoms with Crippen LogP contribution in [0.4, 0.5) is 0 Å². The Kier molecular flexibility index (Phi) is 8.41. The maximum absolute atomic E-state index is 12.8. The predicted octanol–water partition coefficient (Wildman–Crippen LogP) is 2.31. The van der Waals surface area contributed by atoms with Gasteiger partial charge in [-0.05, 0) is 38.7 Å². The van der Waals surface area contributed by atoms with Crippen molar-refractivity contribution in [2.24, 2.45) is 0 Å². The van der Waals surface area contributed by atoms with E-state index in [1.165, 1.54) is 0 Å². The van der Waals surface area contributed by atoms with Crippen LogP contribution < -0.4 is 4.74 Å². The van der Waals surface area contributed by atoms with Gasteiger partial charge in [-0.15, -0.1) is 0 Å². The van der Waals surface area contributed by atoms with Crippen molar-refractivity contribution in [2.45, 2.75) is 32.4 Å². The molecule has 28 heavy (non-hydrogen) atoms. The Balaban J connectivity index is 2.00.